The standard InChI is InChI=1S/C9H8N2O2S/c10-5-4-11-8(7(5)9(12)13)6-2-1-3-14-6/h1-4,11H,10H2,(H,12,13). The van der Waals surface area contributed by atoms with Gasteiger partial charge in [0.15, 0.2) is 0 Å². The number of aromatic amines is 1. The Bertz CT molecular complexity index is 459. The van der Waals surface area contributed by atoms with E-state index in [9.17, 15) is 4.79 Å². The second-order valence-corrected chi connectivity index (χ2v) is 3.72. The minimum Gasteiger partial charge on any atom is -0.478 e. The van der Waals surface area contributed by atoms with Crippen molar-refractivity contribution in [3.63, 3.8) is 0 Å². The number of thiophene rings is 1. The second kappa shape index (κ2) is 3.19. The van der Waals surface area contributed by atoms with Gasteiger partial charge in [-0.1, -0.05) is 6.07 Å². The van der Waals surface area contributed by atoms with Crippen LogP contribution in [0.2, 0.25) is 0 Å². The predicted octanol–water partition coefficient (Wildman–Crippen LogP) is 2.02. The summed E-state index contributed by atoms with van der Waals surface area (Å²) in [5, 5.41) is 10.8. The summed E-state index contributed by atoms with van der Waals surface area (Å²) >= 11 is 1.47. The molecule has 0 aliphatic heterocycles. The third-order valence-corrected chi connectivity index (χ3v) is 2.78. The third-order valence-electron chi connectivity index (χ3n) is 1.89. The molecule has 14 heavy (non-hydrogen) atoms. The van der Waals surface area contributed by atoms with Gasteiger partial charge >= 0.3 is 5.97 Å². The van der Waals surface area contributed by atoms with Crippen molar-refractivity contribution in [2.75, 3.05) is 5.73 Å². The molecule has 0 aliphatic rings. The number of carboxylic acids is 1. The van der Waals surface area contributed by atoms with Crippen LogP contribution in [0.4, 0.5) is 5.69 Å². The SMILES string of the molecule is Nc1c[nH]c(-c2cccs2)c1C(=O)O. The second-order valence-electron chi connectivity index (χ2n) is 2.78. The topological polar surface area (TPSA) is 79.1 Å². The van der Waals surface area contributed by atoms with Crippen LogP contribution < -0.4 is 5.73 Å². The zero-order chi connectivity index (χ0) is 10.1. The van der Waals surface area contributed by atoms with E-state index in [-0.39, 0.29) is 11.3 Å². The Hall–Kier alpha value is -1.75. The lowest BCUT2D eigenvalue weighted by Crippen LogP contribution is -2.00. The van der Waals surface area contributed by atoms with Gasteiger partial charge in [-0.2, -0.15) is 0 Å². The van der Waals surface area contributed by atoms with Crippen molar-refractivity contribution in [2.24, 2.45) is 0 Å². The number of nitrogen functional groups attached to an aromatic ring is 1. The van der Waals surface area contributed by atoms with Crippen LogP contribution in [0, 0.1) is 0 Å². The average Bonchev–Trinajstić information content (AvgIpc) is 2.70. The zero-order valence-corrected chi connectivity index (χ0v) is 7.97. The van der Waals surface area contributed by atoms with Crippen molar-refractivity contribution in [1.29, 1.82) is 0 Å². The van der Waals surface area contributed by atoms with E-state index in [1.807, 2.05) is 17.5 Å². The van der Waals surface area contributed by atoms with Gasteiger partial charge in [-0.25, -0.2) is 4.79 Å². The number of anilines is 1. The highest BCUT2D eigenvalue weighted by atomic mass is 32.1. The molecule has 0 saturated heterocycles. The monoisotopic (exact) mass is 208 g/mol. The summed E-state index contributed by atoms with van der Waals surface area (Å²) in [5.74, 6) is -1.01. The fourth-order valence-corrected chi connectivity index (χ4v) is 2.02. The van der Waals surface area contributed by atoms with Crippen LogP contribution >= 0.6 is 11.3 Å². The Morgan fingerprint density at radius 3 is 2.93 bits per heavy atom. The largest absolute Gasteiger partial charge is 0.478 e. The smallest absolute Gasteiger partial charge is 0.340 e. The molecule has 72 valence electrons. The maximum Gasteiger partial charge on any atom is 0.340 e. The molecule has 0 aromatic carbocycles. The Morgan fingerprint density at radius 2 is 2.36 bits per heavy atom. The first-order valence-corrected chi connectivity index (χ1v) is 4.82. The Labute approximate surface area is 84.0 Å². The van der Waals surface area contributed by atoms with Gasteiger partial charge in [-0.15, -0.1) is 11.3 Å². The molecule has 0 unspecified atom stereocenters. The van der Waals surface area contributed by atoms with E-state index in [4.69, 9.17) is 10.8 Å². The van der Waals surface area contributed by atoms with E-state index in [2.05, 4.69) is 4.98 Å². The van der Waals surface area contributed by atoms with Gasteiger partial charge in [0.05, 0.1) is 16.3 Å². The van der Waals surface area contributed by atoms with Crippen LogP contribution in [-0.2, 0) is 0 Å². The quantitative estimate of drug-likeness (QED) is 0.706. The lowest BCUT2D eigenvalue weighted by atomic mass is 10.2. The molecule has 2 aromatic rings. The average molecular weight is 208 g/mol. The summed E-state index contributed by atoms with van der Waals surface area (Å²) in [5.41, 5.74) is 6.53. The van der Waals surface area contributed by atoms with Crippen LogP contribution in [0.25, 0.3) is 10.6 Å². The lowest BCUT2D eigenvalue weighted by Gasteiger charge is -1.96. The molecule has 4 nitrogen and oxygen atoms in total. The summed E-state index contributed by atoms with van der Waals surface area (Å²) < 4.78 is 0. The van der Waals surface area contributed by atoms with E-state index in [1.165, 1.54) is 17.5 Å². The molecule has 4 N–H and O–H groups in total. The maximum absolute atomic E-state index is 10.9. The molecule has 0 amide bonds. The van der Waals surface area contributed by atoms with Gasteiger partial charge in [0.1, 0.15) is 5.56 Å². The van der Waals surface area contributed by atoms with Gasteiger partial charge < -0.3 is 15.8 Å². The molecule has 0 fully saturated rings. The van der Waals surface area contributed by atoms with Gasteiger partial charge in [0.25, 0.3) is 0 Å². The Kier molecular flexibility index (Phi) is 2.01. The molecular formula is C9H8N2O2S. The molecular weight excluding hydrogens is 200 g/mol. The first-order chi connectivity index (χ1) is 6.70. The van der Waals surface area contributed by atoms with E-state index in [0.29, 0.717) is 5.69 Å². The number of rotatable bonds is 2. The number of carbonyl (C=O) groups is 1. The molecule has 5 heteroatoms. The number of aromatic nitrogens is 1. The summed E-state index contributed by atoms with van der Waals surface area (Å²) in [6.45, 7) is 0. The molecule has 0 atom stereocenters. The molecule has 0 aliphatic carbocycles. The molecule has 0 spiro atoms. The number of H-pyrrole nitrogens is 1. The minimum absolute atomic E-state index is 0.146. The van der Waals surface area contributed by atoms with Gasteiger partial charge in [-0.3, -0.25) is 0 Å². The van der Waals surface area contributed by atoms with Crippen LogP contribution in [-0.4, -0.2) is 16.1 Å². The van der Waals surface area contributed by atoms with Crippen LogP contribution in [0.15, 0.2) is 23.7 Å². The van der Waals surface area contributed by atoms with Crippen LogP contribution in [0.5, 0.6) is 0 Å². The first kappa shape index (κ1) is 8.83. The van der Waals surface area contributed by atoms with E-state index in [0.717, 1.165) is 4.88 Å². The van der Waals surface area contributed by atoms with Gasteiger partial charge in [0.2, 0.25) is 0 Å². The van der Waals surface area contributed by atoms with Crippen molar-refractivity contribution < 1.29 is 9.90 Å². The van der Waals surface area contributed by atoms with Gasteiger partial charge in [0, 0.05) is 6.20 Å². The molecule has 0 radical (unpaired) electrons. The lowest BCUT2D eigenvalue weighted by molar-refractivity contribution is 0.0699. The number of hydrogen-bond donors (Lipinski definition) is 3. The van der Waals surface area contributed by atoms with Crippen LogP contribution in [0.1, 0.15) is 10.4 Å². The van der Waals surface area contributed by atoms with E-state index < -0.39 is 5.97 Å². The normalized spacial score (nSPS) is 10.3. The highest BCUT2D eigenvalue weighted by molar-refractivity contribution is 7.13. The number of hydrogen-bond acceptors (Lipinski definition) is 3. The minimum atomic E-state index is -1.01. The third kappa shape index (κ3) is 1.27. The summed E-state index contributed by atoms with van der Waals surface area (Å²) in [7, 11) is 0. The fourth-order valence-electron chi connectivity index (χ4n) is 1.28. The molecule has 2 aromatic heterocycles. The van der Waals surface area contributed by atoms with Crippen LogP contribution in [0.3, 0.4) is 0 Å². The number of carboxylic acid groups (broad SMARTS) is 1. The molecule has 2 rings (SSSR count). The highest BCUT2D eigenvalue weighted by Crippen LogP contribution is 2.30. The maximum atomic E-state index is 10.9. The highest BCUT2D eigenvalue weighted by Gasteiger charge is 2.17. The van der Waals surface area contributed by atoms with Crippen molar-refractivity contribution in [1.82, 2.24) is 4.98 Å². The van der Waals surface area contributed by atoms with Crippen molar-refractivity contribution in [3.05, 3.63) is 29.3 Å². The molecule has 0 bridgehead atoms. The Morgan fingerprint density at radius 1 is 1.57 bits per heavy atom. The number of aromatic carboxylic acids is 1. The van der Waals surface area contributed by atoms with Crippen molar-refractivity contribution in [2.45, 2.75) is 0 Å². The Balaban J connectivity index is 2.60. The van der Waals surface area contributed by atoms with E-state index in [1.54, 1.807) is 0 Å². The summed E-state index contributed by atoms with van der Waals surface area (Å²) in [6.07, 6.45) is 1.50. The predicted molar refractivity (Wildman–Crippen MR) is 55.5 cm³/mol. The summed E-state index contributed by atoms with van der Waals surface area (Å²) in [4.78, 5) is 14.6. The van der Waals surface area contributed by atoms with Crippen molar-refractivity contribution in [3.8, 4) is 10.6 Å². The number of nitrogens with one attached hydrogen (secondary N) is 1. The van der Waals surface area contributed by atoms with E-state index >= 15 is 0 Å². The summed E-state index contributed by atoms with van der Waals surface area (Å²) in [6, 6.07) is 3.71. The van der Waals surface area contributed by atoms with Crippen molar-refractivity contribution >= 4 is 23.0 Å². The molecule has 2 heterocycles. The zero-order valence-electron chi connectivity index (χ0n) is 7.15. The first-order valence-electron chi connectivity index (χ1n) is 3.94. The number of nitrogens with two attached hydrogens (primary N) is 1. The fraction of sp³-hybridized carbons (Fsp3) is 0. The van der Waals surface area contributed by atoms with Gasteiger partial charge in [-0.05, 0) is 11.4 Å². The molecule has 0 saturated carbocycles.